The van der Waals surface area contributed by atoms with Gasteiger partial charge in [-0.1, -0.05) is 30.3 Å². The van der Waals surface area contributed by atoms with Crippen LogP contribution in [0, 0.1) is 23.0 Å². The predicted octanol–water partition coefficient (Wildman–Crippen LogP) is 4.35. The predicted molar refractivity (Wildman–Crippen MR) is 116 cm³/mol. The number of piperazine rings is 1. The van der Waals surface area contributed by atoms with Crippen LogP contribution in [0.3, 0.4) is 0 Å². The highest BCUT2D eigenvalue weighted by Crippen LogP contribution is 2.36. The Morgan fingerprint density at radius 3 is 2.50 bits per heavy atom. The summed E-state index contributed by atoms with van der Waals surface area (Å²) in [5.41, 5.74) is 1.09. The van der Waals surface area contributed by atoms with E-state index in [-0.39, 0.29) is 23.9 Å². The molecule has 0 bridgehead atoms. The number of hydrogen-bond donors (Lipinski definition) is 0. The van der Waals surface area contributed by atoms with Crippen LogP contribution >= 0.6 is 0 Å². The zero-order chi connectivity index (χ0) is 22.5. The molecule has 0 atom stereocenters. The lowest BCUT2D eigenvalue weighted by molar-refractivity contribution is 0.287. The maximum Gasteiger partial charge on any atom is 0.258 e. The van der Waals surface area contributed by atoms with Crippen molar-refractivity contribution in [1.29, 1.82) is 5.26 Å². The molecule has 0 radical (unpaired) electrons. The number of nitrogens with zero attached hydrogens (tertiary/aromatic N) is 4. The molecule has 2 aromatic carbocycles. The summed E-state index contributed by atoms with van der Waals surface area (Å²) >= 11 is 0. The quantitative estimate of drug-likeness (QED) is 0.573. The molecule has 2 heterocycles. The molecular formula is C24H22F2N4O2. The van der Waals surface area contributed by atoms with E-state index in [1.54, 1.807) is 17.0 Å². The van der Waals surface area contributed by atoms with E-state index >= 15 is 4.39 Å². The first kappa shape index (κ1) is 21.5. The molecule has 0 N–H and O–H groups in total. The monoisotopic (exact) mass is 436 g/mol. The van der Waals surface area contributed by atoms with Crippen LogP contribution in [0.2, 0.25) is 0 Å². The lowest BCUT2D eigenvalue weighted by Gasteiger charge is -2.34. The van der Waals surface area contributed by atoms with Gasteiger partial charge in [-0.15, -0.1) is 0 Å². The molecule has 4 rings (SSSR count). The van der Waals surface area contributed by atoms with Crippen LogP contribution in [-0.4, -0.2) is 43.1 Å². The van der Waals surface area contributed by atoms with Gasteiger partial charge in [-0.3, -0.25) is 0 Å². The fourth-order valence-corrected chi connectivity index (χ4v) is 3.45. The molecule has 1 aromatic heterocycles. The minimum absolute atomic E-state index is 0.127. The summed E-state index contributed by atoms with van der Waals surface area (Å²) in [5, 5.41) is 9.26. The molecule has 1 fully saturated rings. The number of hydrogen-bond acceptors (Lipinski definition) is 6. The number of nitriles is 1. The zero-order valence-corrected chi connectivity index (χ0v) is 17.6. The lowest BCUT2D eigenvalue weighted by atomic mass is 10.2. The number of rotatable bonds is 6. The molecular weight excluding hydrogens is 414 g/mol. The van der Waals surface area contributed by atoms with Crippen LogP contribution < -0.4 is 14.4 Å². The molecule has 0 spiro atoms. The van der Waals surface area contributed by atoms with Crippen molar-refractivity contribution < 1.29 is 18.3 Å². The highest BCUT2D eigenvalue weighted by Gasteiger charge is 2.25. The molecule has 0 aliphatic carbocycles. The first-order valence-corrected chi connectivity index (χ1v) is 10.2. The van der Waals surface area contributed by atoms with Crippen LogP contribution in [0.25, 0.3) is 0 Å². The van der Waals surface area contributed by atoms with Crippen molar-refractivity contribution in [1.82, 2.24) is 9.88 Å². The second-order valence-corrected chi connectivity index (χ2v) is 7.51. The van der Waals surface area contributed by atoms with Crippen LogP contribution in [0.5, 0.6) is 17.4 Å². The Labute approximate surface area is 185 Å². The Bertz CT molecular complexity index is 1130. The van der Waals surface area contributed by atoms with Crippen LogP contribution in [0.1, 0.15) is 11.1 Å². The fourth-order valence-electron chi connectivity index (χ4n) is 3.45. The van der Waals surface area contributed by atoms with Crippen molar-refractivity contribution in [3.63, 3.8) is 0 Å². The number of benzene rings is 2. The summed E-state index contributed by atoms with van der Waals surface area (Å²) in [7, 11) is 1.96. The van der Waals surface area contributed by atoms with E-state index in [4.69, 9.17) is 9.47 Å². The molecule has 164 valence electrons. The second kappa shape index (κ2) is 9.62. The minimum Gasteiger partial charge on any atom is -0.485 e. The molecule has 0 unspecified atom stereocenters. The summed E-state index contributed by atoms with van der Waals surface area (Å²) in [6.07, 6.45) is 0.949. The standard InChI is InChI=1S/C24H22F2N4O2/c1-29-9-11-30(12-10-29)23-19(25)15-28-24(22(23)26)32-21-13-18(14-27)7-8-20(21)31-16-17-5-3-2-4-6-17/h2-8,13,15H,9-12,16H2,1H3. The van der Waals surface area contributed by atoms with E-state index in [9.17, 15) is 9.65 Å². The van der Waals surface area contributed by atoms with Crippen LogP contribution in [0.15, 0.2) is 54.7 Å². The molecule has 1 aliphatic rings. The van der Waals surface area contributed by atoms with Gasteiger partial charge < -0.3 is 19.3 Å². The summed E-state index contributed by atoms with van der Waals surface area (Å²) in [5.74, 6) is -1.56. The minimum atomic E-state index is -0.883. The van der Waals surface area contributed by atoms with E-state index in [2.05, 4.69) is 9.88 Å². The average Bonchev–Trinajstić information content (AvgIpc) is 2.82. The SMILES string of the molecule is CN1CCN(c2c(F)cnc(Oc3cc(C#N)ccc3OCc3ccccc3)c2F)CC1. The Morgan fingerprint density at radius 1 is 1.03 bits per heavy atom. The van der Waals surface area contributed by atoms with E-state index in [1.807, 2.05) is 43.4 Å². The average molecular weight is 436 g/mol. The van der Waals surface area contributed by atoms with Crippen molar-refractivity contribution in [3.8, 4) is 23.4 Å². The summed E-state index contributed by atoms with van der Waals surface area (Å²) in [4.78, 5) is 7.55. The van der Waals surface area contributed by atoms with Crippen LogP contribution in [0.4, 0.5) is 14.5 Å². The van der Waals surface area contributed by atoms with Gasteiger partial charge in [0.1, 0.15) is 12.3 Å². The Hall–Kier alpha value is -3.70. The number of pyridine rings is 1. The molecule has 8 heteroatoms. The van der Waals surface area contributed by atoms with E-state index < -0.39 is 11.6 Å². The van der Waals surface area contributed by atoms with Gasteiger partial charge in [-0.25, -0.2) is 9.37 Å². The van der Waals surface area contributed by atoms with Crippen molar-refractivity contribution >= 4 is 5.69 Å². The van der Waals surface area contributed by atoms with Crippen molar-refractivity contribution in [2.24, 2.45) is 0 Å². The number of aromatic nitrogens is 1. The third-order valence-corrected chi connectivity index (χ3v) is 5.25. The van der Waals surface area contributed by atoms with Crippen molar-refractivity contribution in [2.75, 3.05) is 38.1 Å². The summed E-state index contributed by atoms with van der Waals surface area (Å²) in [6, 6.07) is 16.1. The van der Waals surface area contributed by atoms with Crippen LogP contribution in [-0.2, 0) is 6.61 Å². The van der Waals surface area contributed by atoms with Crippen molar-refractivity contribution in [3.05, 3.63) is 77.5 Å². The van der Waals surface area contributed by atoms with Gasteiger partial charge >= 0.3 is 0 Å². The third kappa shape index (κ3) is 4.79. The fraction of sp³-hybridized carbons (Fsp3) is 0.250. The van der Waals surface area contributed by atoms with Gasteiger partial charge in [0, 0.05) is 32.2 Å². The highest BCUT2D eigenvalue weighted by atomic mass is 19.1. The number of likely N-dealkylation sites (N-methyl/N-ethyl adjacent to an activating group) is 1. The Balaban J connectivity index is 1.62. The summed E-state index contributed by atoms with van der Waals surface area (Å²) < 4.78 is 41.3. The van der Waals surface area contributed by atoms with Gasteiger partial charge in [0.05, 0.1) is 17.8 Å². The number of anilines is 1. The Morgan fingerprint density at radius 2 is 1.78 bits per heavy atom. The summed E-state index contributed by atoms with van der Waals surface area (Å²) in [6.45, 7) is 2.62. The lowest BCUT2D eigenvalue weighted by Crippen LogP contribution is -2.45. The molecule has 0 saturated carbocycles. The van der Waals surface area contributed by atoms with Gasteiger partial charge in [-0.05, 0) is 24.7 Å². The largest absolute Gasteiger partial charge is 0.485 e. The van der Waals surface area contributed by atoms with Gasteiger partial charge in [-0.2, -0.15) is 9.65 Å². The van der Waals surface area contributed by atoms with Crippen molar-refractivity contribution in [2.45, 2.75) is 6.61 Å². The Kier molecular flexibility index (Phi) is 6.47. The molecule has 3 aromatic rings. The zero-order valence-electron chi connectivity index (χ0n) is 17.6. The molecule has 1 aliphatic heterocycles. The van der Waals surface area contributed by atoms with Gasteiger partial charge in [0.25, 0.3) is 5.88 Å². The second-order valence-electron chi connectivity index (χ2n) is 7.51. The van der Waals surface area contributed by atoms with E-state index in [0.29, 0.717) is 37.5 Å². The number of halogens is 2. The molecule has 0 amide bonds. The first-order valence-electron chi connectivity index (χ1n) is 10.2. The highest BCUT2D eigenvalue weighted by molar-refractivity contribution is 5.54. The molecule has 32 heavy (non-hydrogen) atoms. The molecule has 6 nitrogen and oxygen atoms in total. The van der Waals surface area contributed by atoms with Gasteiger partial charge in [0.2, 0.25) is 5.82 Å². The molecule has 1 saturated heterocycles. The topological polar surface area (TPSA) is 61.6 Å². The first-order chi connectivity index (χ1) is 15.5. The number of ether oxygens (including phenoxy) is 2. The van der Waals surface area contributed by atoms with E-state index in [1.165, 1.54) is 6.07 Å². The maximum absolute atomic E-state index is 15.3. The maximum atomic E-state index is 15.3. The van der Waals surface area contributed by atoms with Gasteiger partial charge in [0.15, 0.2) is 17.3 Å². The third-order valence-electron chi connectivity index (χ3n) is 5.25. The normalized spacial score (nSPS) is 14.1. The smallest absolute Gasteiger partial charge is 0.258 e. The van der Waals surface area contributed by atoms with E-state index in [0.717, 1.165) is 11.8 Å².